The number of aryl methyl sites for hydroxylation is 1. The second-order valence-corrected chi connectivity index (χ2v) is 7.23. The van der Waals surface area contributed by atoms with Crippen LogP contribution in [0.15, 0.2) is 59.4 Å². The lowest BCUT2D eigenvalue weighted by molar-refractivity contribution is -0.386. The van der Waals surface area contributed by atoms with E-state index in [-0.39, 0.29) is 23.8 Å². The lowest BCUT2D eigenvalue weighted by Gasteiger charge is -2.04. The summed E-state index contributed by atoms with van der Waals surface area (Å²) in [6, 6.07) is 9.15. The molecule has 0 spiro atoms. The van der Waals surface area contributed by atoms with E-state index in [2.05, 4.69) is 15.5 Å². The number of amides is 1. The molecule has 3 heterocycles. The van der Waals surface area contributed by atoms with Crippen molar-refractivity contribution in [1.29, 1.82) is 0 Å². The molecule has 0 radical (unpaired) electrons. The zero-order chi connectivity index (χ0) is 23.4. The van der Waals surface area contributed by atoms with Crippen LogP contribution in [0.2, 0.25) is 0 Å². The van der Waals surface area contributed by atoms with Crippen molar-refractivity contribution in [3.63, 3.8) is 0 Å². The molecule has 170 valence electrons. The number of furan rings is 1. The number of hydrogen-bond donors (Lipinski definition) is 1. The molecule has 0 fully saturated rings. The fraction of sp³-hybridized carbons (Fsp3) is 0.227. The molecule has 0 unspecified atom stereocenters. The van der Waals surface area contributed by atoms with Gasteiger partial charge < -0.3 is 14.5 Å². The van der Waals surface area contributed by atoms with Gasteiger partial charge >= 0.3 is 5.69 Å². The molecule has 3 aromatic heterocycles. The van der Waals surface area contributed by atoms with Gasteiger partial charge in [-0.05, 0) is 32.0 Å². The number of nitrogens with zero attached hydrogens (tertiary/aromatic N) is 5. The normalized spacial score (nSPS) is 10.8. The van der Waals surface area contributed by atoms with Crippen molar-refractivity contribution in [3.05, 3.63) is 87.9 Å². The largest absolute Gasteiger partial charge is 0.479 e. The molecule has 0 atom stereocenters. The smallest absolute Gasteiger partial charge is 0.310 e. The van der Waals surface area contributed by atoms with E-state index in [1.165, 1.54) is 18.2 Å². The first kappa shape index (κ1) is 21.8. The van der Waals surface area contributed by atoms with Crippen LogP contribution in [0, 0.1) is 17.0 Å². The van der Waals surface area contributed by atoms with E-state index in [9.17, 15) is 14.9 Å². The molecule has 4 rings (SSSR count). The molecule has 11 nitrogen and oxygen atoms in total. The Morgan fingerprint density at radius 1 is 1.21 bits per heavy atom. The number of nitro groups is 1. The minimum Gasteiger partial charge on any atom is -0.479 e. The van der Waals surface area contributed by atoms with Crippen molar-refractivity contribution < 1.29 is 18.9 Å². The van der Waals surface area contributed by atoms with Crippen molar-refractivity contribution in [1.82, 2.24) is 19.6 Å². The van der Waals surface area contributed by atoms with E-state index < -0.39 is 10.8 Å². The summed E-state index contributed by atoms with van der Waals surface area (Å²) >= 11 is 0. The molecule has 0 bridgehead atoms. The minimum absolute atomic E-state index is 0.0547. The van der Waals surface area contributed by atoms with Crippen LogP contribution in [0.25, 0.3) is 0 Å². The van der Waals surface area contributed by atoms with Gasteiger partial charge in [0.15, 0.2) is 11.5 Å². The van der Waals surface area contributed by atoms with E-state index in [1.807, 2.05) is 24.7 Å². The topological polar surface area (TPSA) is 130 Å². The van der Waals surface area contributed by atoms with Gasteiger partial charge in [0.1, 0.15) is 12.4 Å². The minimum atomic E-state index is -0.520. The molecule has 0 aliphatic carbocycles. The third-order valence-corrected chi connectivity index (χ3v) is 5.05. The summed E-state index contributed by atoms with van der Waals surface area (Å²) in [6.45, 7) is 5.32. The zero-order valence-electron chi connectivity index (χ0n) is 18.1. The molecular weight excluding hydrogens is 428 g/mol. The van der Waals surface area contributed by atoms with Crippen LogP contribution >= 0.6 is 0 Å². The van der Waals surface area contributed by atoms with Crippen molar-refractivity contribution in [2.24, 2.45) is 0 Å². The van der Waals surface area contributed by atoms with Crippen LogP contribution < -0.4 is 10.1 Å². The molecule has 11 heteroatoms. The Hall–Kier alpha value is -4.41. The van der Waals surface area contributed by atoms with Gasteiger partial charge in [-0.25, -0.2) is 0 Å². The molecule has 0 aliphatic rings. The van der Waals surface area contributed by atoms with Crippen molar-refractivity contribution in [3.8, 4) is 5.75 Å². The first-order valence-corrected chi connectivity index (χ1v) is 10.2. The van der Waals surface area contributed by atoms with Crippen LogP contribution in [0.3, 0.4) is 0 Å². The Morgan fingerprint density at radius 3 is 2.79 bits per heavy atom. The maximum atomic E-state index is 12.5. The van der Waals surface area contributed by atoms with Gasteiger partial charge in [-0.15, -0.1) is 0 Å². The SMILES string of the molecule is CCn1ncc(Cn2cc(NC(=O)c3ccc(COc4ccccc4[N+](=O)[O-])o3)cn2)c1C. The molecule has 1 amide bonds. The van der Waals surface area contributed by atoms with Crippen molar-refractivity contribution in [2.45, 2.75) is 33.5 Å². The quantitative estimate of drug-likeness (QED) is 0.303. The first-order chi connectivity index (χ1) is 15.9. The number of para-hydroxylation sites is 2. The number of ether oxygens (including phenoxy) is 1. The number of aromatic nitrogens is 4. The molecule has 1 N–H and O–H groups in total. The predicted octanol–water partition coefficient (Wildman–Crippen LogP) is 3.79. The molecule has 0 aliphatic heterocycles. The standard InChI is InChI=1S/C22H22N6O5/c1-3-27-15(2)16(10-24-27)12-26-13-17(11-23-26)25-22(29)21-9-8-18(33-21)14-32-20-7-5-4-6-19(20)28(30)31/h4-11,13H,3,12,14H2,1-2H3,(H,25,29). The van der Waals surface area contributed by atoms with Gasteiger partial charge in [-0.1, -0.05) is 12.1 Å². The third kappa shape index (κ3) is 4.92. The fourth-order valence-electron chi connectivity index (χ4n) is 3.30. The molecule has 0 saturated heterocycles. The van der Waals surface area contributed by atoms with Crippen LogP contribution in [-0.2, 0) is 19.7 Å². The van der Waals surface area contributed by atoms with E-state index in [0.717, 1.165) is 17.8 Å². The summed E-state index contributed by atoms with van der Waals surface area (Å²) in [5, 5.41) is 22.4. The van der Waals surface area contributed by atoms with Crippen molar-refractivity contribution in [2.75, 3.05) is 5.32 Å². The summed E-state index contributed by atoms with van der Waals surface area (Å²) < 4.78 is 14.6. The van der Waals surface area contributed by atoms with Crippen LogP contribution in [-0.4, -0.2) is 30.4 Å². The van der Waals surface area contributed by atoms with Crippen LogP contribution in [0.4, 0.5) is 11.4 Å². The zero-order valence-corrected chi connectivity index (χ0v) is 18.1. The van der Waals surface area contributed by atoms with E-state index in [4.69, 9.17) is 9.15 Å². The number of carbonyl (C=O) groups excluding carboxylic acids is 1. The Kier molecular flexibility index (Phi) is 6.20. The third-order valence-electron chi connectivity index (χ3n) is 5.05. The predicted molar refractivity (Wildman–Crippen MR) is 118 cm³/mol. The monoisotopic (exact) mass is 450 g/mol. The maximum absolute atomic E-state index is 12.5. The van der Waals surface area contributed by atoms with Gasteiger partial charge in [0.25, 0.3) is 5.91 Å². The highest BCUT2D eigenvalue weighted by molar-refractivity contribution is 6.02. The first-order valence-electron chi connectivity index (χ1n) is 10.2. The fourth-order valence-corrected chi connectivity index (χ4v) is 3.30. The van der Waals surface area contributed by atoms with E-state index in [0.29, 0.717) is 18.0 Å². The molecule has 1 aromatic carbocycles. The number of carbonyl (C=O) groups is 1. The van der Waals surface area contributed by atoms with Gasteiger partial charge in [-0.3, -0.25) is 24.3 Å². The number of benzene rings is 1. The highest BCUT2D eigenvalue weighted by Gasteiger charge is 2.16. The number of anilines is 1. The Morgan fingerprint density at radius 2 is 2.03 bits per heavy atom. The number of nitrogens with one attached hydrogen (secondary N) is 1. The average molecular weight is 450 g/mol. The Bertz CT molecular complexity index is 1290. The van der Waals surface area contributed by atoms with Crippen LogP contribution in [0.5, 0.6) is 5.75 Å². The lowest BCUT2D eigenvalue weighted by atomic mass is 10.2. The highest BCUT2D eigenvalue weighted by Crippen LogP contribution is 2.27. The Balaban J connectivity index is 1.35. The molecule has 4 aromatic rings. The Labute approximate surface area is 188 Å². The molecule has 0 saturated carbocycles. The maximum Gasteiger partial charge on any atom is 0.310 e. The average Bonchev–Trinajstić information content (AvgIpc) is 3.54. The molecule has 33 heavy (non-hydrogen) atoms. The summed E-state index contributed by atoms with van der Waals surface area (Å²) in [5.74, 6) is 0.125. The van der Waals surface area contributed by atoms with E-state index >= 15 is 0 Å². The number of rotatable bonds is 9. The summed E-state index contributed by atoms with van der Waals surface area (Å²) in [5.41, 5.74) is 2.50. The van der Waals surface area contributed by atoms with Gasteiger partial charge in [0, 0.05) is 30.1 Å². The van der Waals surface area contributed by atoms with Crippen molar-refractivity contribution >= 4 is 17.3 Å². The highest BCUT2D eigenvalue weighted by atomic mass is 16.6. The lowest BCUT2D eigenvalue weighted by Crippen LogP contribution is -2.10. The second kappa shape index (κ2) is 9.39. The van der Waals surface area contributed by atoms with Gasteiger partial charge in [0.2, 0.25) is 0 Å². The van der Waals surface area contributed by atoms with Gasteiger partial charge in [0.05, 0.1) is 29.5 Å². The van der Waals surface area contributed by atoms with E-state index in [1.54, 1.807) is 35.3 Å². The van der Waals surface area contributed by atoms with Crippen LogP contribution in [0.1, 0.15) is 34.5 Å². The summed E-state index contributed by atoms with van der Waals surface area (Å²) in [6.07, 6.45) is 5.09. The number of nitro benzene ring substituents is 1. The second-order valence-electron chi connectivity index (χ2n) is 7.23. The molecular formula is C22H22N6O5. The number of hydrogen-bond acceptors (Lipinski definition) is 7. The summed E-state index contributed by atoms with van der Waals surface area (Å²) in [4.78, 5) is 23.1. The van der Waals surface area contributed by atoms with Gasteiger partial charge in [-0.2, -0.15) is 10.2 Å². The summed E-state index contributed by atoms with van der Waals surface area (Å²) in [7, 11) is 0.